The van der Waals surface area contributed by atoms with E-state index < -0.39 is 12.0 Å². The largest absolute Gasteiger partial charge is 0.480 e. The van der Waals surface area contributed by atoms with Crippen LogP contribution in [0.25, 0.3) is 0 Å². The second-order valence-corrected chi connectivity index (χ2v) is 3.41. The van der Waals surface area contributed by atoms with Crippen molar-refractivity contribution < 1.29 is 9.90 Å². The smallest absolute Gasteiger partial charge is 0.325 e. The topological polar surface area (TPSA) is 63.3 Å². The summed E-state index contributed by atoms with van der Waals surface area (Å²) in [6.45, 7) is 0. The van der Waals surface area contributed by atoms with E-state index in [1.165, 1.54) is 11.8 Å². The fourth-order valence-corrected chi connectivity index (χ4v) is 1.70. The maximum atomic E-state index is 10.6. The van der Waals surface area contributed by atoms with Gasteiger partial charge in [0, 0.05) is 4.90 Å². The minimum atomic E-state index is -0.999. The van der Waals surface area contributed by atoms with Crippen LogP contribution in [-0.2, 0) is 4.79 Å². The van der Waals surface area contributed by atoms with Gasteiger partial charge in [-0.2, -0.15) is 0 Å². The lowest BCUT2D eigenvalue weighted by Crippen LogP contribution is -2.21. The zero-order valence-electron chi connectivity index (χ0n) is 7.23. The molecule has 0 aliphatic carbocycles. The molecule has 0 unspecified atom stereocenters. The molecule has 0 radical (unpaired) electrons. The summed E-state index contributed by atoms with van der Waals surface area (Å²) in [4.78, 5) is 11.5. The molecule has 0 aliphatic rings. The third-order valence-electron chi connectivity index (χ3n) is 1.74. The molecule has 0 saturated carbocycles. The van der Waals surface area contributed by atoms with Crippen LogP contribution < -0.4 is 5.73 Å². The number of benzene rings is 1. The Balaban J connectivity index is 3.05. The predicted octanol–water partition coefficient (Wildman–Crippen LogP) is 1.49. The van der Waals surface area contributed by atoms with E-state index in [2.05, 4.69) is 0 Å². The standard InChI is InChI=1S/C9H11NO2S/c1-13-7-5-3-2-4-6(7)8(10)9(11)12/h2-5,8H,10H2,1H3,(H,11,12)/t8-/m0/s1. The van der Waals surface area contributed by atoms with Crippen molar-refractivity contribution in [1.82, 2.24) is 0 Å². The van der Waals surface area contributed by atoms with Gasteiger partial charge in [0.1, 0.15) is 6.04 Å². The van der Waals surface area contributed by atoms with Crippen LogP contribution in [0.3, 0.4) is 0 Å². The molecular weight excluding hydrogens is 186 g/mol. The van der Waals surface area contributed by atoms with Crippen molar-refractivity contribution in [2.45, 2.75) is 10.9 Å². The van der Waals surface area contributed by atoms with Gasteiger partial charge in [0.2, 0.25) is 0 Å². The maximum absolute atomic E-state index is 10.6. The molecule has 3 nitrogen and oxygen atoms in total. The average Bonchev–Trinajstić information content (AvgIpc) is 2.16. The highest BCUT2D eigenvalue weighted by Gasteiger charge is 2.16. The Kier molecular flexibility index (Phi) is 3.33. The third kappa shape index (κ3) is 2.23. The number of carbonyl (C=O) groups is 1. The molecule has 4 heteroatoms. The fourth-order valence-electron chi connectivity index (χ4n) is 1.06. The van der Waals surface area contributed by atoms with Crippen LogP contribution in [0, 0.1) is 0 Å². The van der Waals surface area contributed by atoms with Crippen LogP contribution in [-0.4, -0.2) is 17.3 Å². The Morgan fingerprint density at radius 1 is 1.54 bits per heavy atom. The fraction of sp³-hybridized carbons (Fsp3) is 0.222. The first-order valence-electron chi connectivity index (χ1n) is 3.78. The van der Waals surface area contributed by atoms with Crippen molar-refractivity contribution >= 4 is 17.7 Å². The first-order valence-corrected chi connectivity index (χ1v) is 5.00. The summed E-state index contributed by atoms with van der Waals surface area (Å²) in [6.07, 6.45) is 1.90. The number of aliphatic carboxylic acids is 1. The van der Waals surface area contributed by atoms with Gasteiger partial charge in [0.05, 0.1) is 0 Å². The van der Waals surface area contributed by atoms with Gasteiger partial charge in [-0.1, -0.05) is 18.2 Å². The minimum Gasteiger partial charge on any atom is -0.480 e. The lowest BCUT2D eigenvalue weighted by Gasteiger charge is -2.10. The summed E-state index contributed by atoms with van der Waals surface area (Å²) in [5, 5.41) is 8.72. The summed E-state index contributed by atoms with van der Waals surface area (Å²) >= 11 is 1.50. The van der Waals surface area contributed by atoms with Gasteiger partial charge in [0.25, 0.3) is 0 Å². The molecule has 70 valence electrons. The molecule has 13 heavy (non-hydrogen) atoms. The molecule has 0 aliphatic heterocycles. The van der Waals surface area contributed by atoms with E-state index in [1.54, 1.807) is 12.1 Å². The lowest BCUT2D eigenvalue weighted by atomic mass is 10.1. The molecule has 1 atom stereocenters. The lowest BCUT2D eigenvalue weighted by molar-refractivity contribution is -0.138. The van der Waals surface area contributed by atoms with Crippen molar-refractivity contribution in [3.8, 4) is 0 Å². The number of thioether (sulfide) groups is 1. The van der Waals surface area contributed by atoms with Crippen molar-refractivity contribution in [2.24, 2.45) is 5.73 Å². The normalized spacial score (nSPS) is 12.5. The molecule has 1 aromatic carbocycles. The molecule has 0 amide bonds. The SMILES string of the molecule is CSc1ccccc1[C@H](N)C(=O)O. The molecule has 3 N–H and O–H groups in total. The second-order valence-electron chi connectivity index (χ2n) is 2.56. The number of carboxylic acid groups (broad SMARTS) is 1. The average molecular weight is 197 g/mol. The summed E-state index contributed by atoms with van der Waals surface area (Å²) in [6, 6.07) is 6.33. The molecule has 0 spiro atoms. The molecular formula is C9H11NO2S. The van der Waals surface area contributed by atoms with E-state index in [0.717, 1.165) is 4.90 Å². The Labute approximate surface area is 80.9 Å². The van der Waals surface area contributed by atoms with Gasteiger partial charge in [-0.25, -0.2) is 0 Å². The van der Waals surface area contributed by atoms with E-state index >= 15 is 0 Å². The Morgan fingerprint density at radius 2 is 2.15 bits per heavy atom. The maximum Gasteiger partial charge on any atom is 0.325 e. The van der Waals surface area contributed by atoms with Gasteiger partial charge < -0.3 is 10.8 Å². The Bertz CT molecular complexity index is 314. The van der Waals surface area contributed by atoms with Crippen molar-refractivity contribution in [3.63, 3.8) is 0 Å². The Hall–Kier alpha value is -1.00. The van der Waals surface area contributed by atoms with E-state index in [-0.39, 0.29) is 0 Å². The van der Waals surface area contributed by atoms with Gasteiger partial charge in [0.15, 0.2) is 0 Å². The number of hydrogen-bond donors (Lipinski definition) is 2. The molecule has 1 rings (SSSR count). The van der Waals surface area contributed by atoms with Gasteiger partial charge in [-0.3, -0.25) is 4.79 Å². The van der Waals surface area contributed by atoms with E-state index in [9.17, 15) is 4.79 Å². The van der Waals surface area contributed by atoms with Crippen LogP contribution >= 0.6 is 11.8 Å². The molecule has 1 aromatic rings. The highest BCUT2D eigenvalue weighted by molar-refractivity contribution is 7.98. The van der Waals surface area contributed by atoms with E-state index in [1.807, 2.05) is 18.4 Å². The van der Waals surface area contributed by atoms with Crippen LogP contribution in [0.5, 0.6) is 0 Å². The van der Waals surface area contributed by atoms with Crippen LogP contribution in [0.15, 0.2) is 29.2 Å². The summed E-state index contributed by atoms with van der Waals surface area (Å²) in [5.41, 5.74) is 6.17. The van der Waals surface area contributed by atoms with E-state index in [0.29, 0.717) is 5.56 Å². The number of carboxylic acids is 1. The third-order valence-corrected chi connectivity index (χ3v) is 2.55. The predicted molar refractivity (Wildman–Crippen MR) is 52.8 cm³/mol. The number of nitrogens with two attached hydrogens (primary N) is 1. The van der Waals surface area contributed by atoms with Crippen molar-refractivity contribution in [1.29, 1.82) is 0 Å². The quantitative estimate of drug-likeness (QED) is 0.721. The molecule has 0 heterocycles. The summed E-state index contributed by atoms with van der Waals surface area (Å²) < 4.78 is 0. The number of rotatable bonds is 3. The number of hydrogen-bond acceptors (Lipinski definition) is 3. The van der Waals surface area contributed by atoms with Crippen LogP contribution in [0.2, 0.25) is 0 Å². The van der Waals surface area contributed by atoms with Crippen LogP contribution in [0.1, 0.15) is 11.6 Å². The highest BCUT2D eigenvalue weighted by atomic mass is 32.2. The van der Waals surface area contributed by atoms with Crippen molar-refractivity contribution in [3.05, 3.63) is 29.8 Å². The molecule has 0 saturated heterocycles. The summed E-state index contributed by atoms with van der Waals surface area (Å²) in [7, 11) is 0. The second kappa shape index (κ2) is 4.30. The van der Waals surface area contributed by atoms with Crippen LogP contribution in [0.4, 0.5) is 0 Å². The minimum absolute atomic E-state index is 0.669. The first kappa shape index (κ1) is 10.1. The van der Waals surface area contributed by atoms with Crippen molar-refractivity contribution in [2.75, 3.05) is 6.26 Å². The molecule has 0 bridgehead atoms. The highest BCUT2D eigenvalue weighted by Crippen LogP contribution is 2.24. The van der Waals surface area contributed by atoms with Gasteiger partial charge >= 0.3 is 5.97 Å². The first-order chi connectivity index (χ1) is 6.16. The van der Waals surface area contributed by atoms with Gasteiger partial charge in [-0.15, -0.1) is 11.8 Å². The summed E-state index contributed by atoms with van der Waals surface area (Å²) in [5.74, 6) is -0.999. The van der Waals surface area contributed by atoms with Gasteiger partial charge in [-0.05, 0) is 17.9 Å². The zero-order valence-corrected chi connectivity index (χ0v) is 8.04. The van der Waals surface area contributed by atoms with E-state index in [4.69, 9.17) is 10.8 Å². The molecule has 0 fully saturated rings. The molecule has 0 aromatic heterocycles. The monoisotopic (exact) mass is 197 g/mol. The zero-order chi connectivity index (χ0) is 9.84. The Morgan fingerprint density at radius 3 is 2.69 bits per heavy atom.